The maximum Gasteiger partial charge on any atom is 0.338 e. The Bertz CT molecular complexity index is 474. The van der Waals surface area contributed by atoms with Gasteiger partial charge < -0.3 is 23.7 Å². The maximum absolute atomic E-state index is 11.9. The van der Waals surface area contributed by atoms with Gasteiger partial charge in [0.05, 0.1) is 50.8 Å². The first-order valence-electron chi connectivity index (χ1n) is 7.45. The van der Waals surface area contributed by atoms with Gasteiger partial charge in [0.2, 0.25) is 0 Å². The zero-order chi connectivity index (χ0) is 16.3. The number of fused-ring (bicyclic) bond motifs is 2. The third-order valence-electron chi connectivity index (χ3n) is 3.00. The summed E-state index contributed by atoms with van der Waals surface area (Å²) >= 11 is 0. The first-order valence-corrected chi connectivity index (χ1v) is 7.45. The minimum Gasteiger partial charge on any atom is -0.460 e. The van der Waals surface area contributed by atoms with Gasteiger partial charge in [0.15, 0.2) is 0 Å². The first-order chi connectivity index (χ1) is 11.3. The standard InChI is InChI=1S/C16H20O7/c17-15-13-2-1-3-14(12-13)16(18)23-11-9-21-7-5-19-4-6-20-8-10-22-15/h1-3,12H,4-11H2. The SMILES string of the molecule is O=C1OCCOCCOCCOCCOC(=O)c2cccc1c2. The molecule has 1 heterocycles. The summed E-state index contributed by atoms with van der Waals surface area (Å²) in [5.74, 6) is -1.02. The lowest BCUT2D eigenvalue weighted by Gasteiger charge is -2.10. The summed E-state index contributed by atoms with van der Waals surface area (Å²) in [4.78, 5) is 23.8. The Labute approximate surface area is 134 Å². The summed E-state index contributed by atoms with van der Waals surface area (Å²) in [6, 6.07) is 6.21. The molecule has 0 spiro atoms. The average Bonchev–Trinajstić information content (AvgIpc) is 2.58. The van der Waals surface area contributed by atoms with E-state index in [4.69, 9.17) is 23.7 Å². The Morgan fingerprint density at radius 3 is 1.43 bits per heavy atom. The van der Waals surface area contributed by atoms with E-state index in [1.54, 1.807) is 18.2 Å². The zero-order valence-corrected chi connectivity index (χ0v) is 12.8. The fourth-order valence-electron chi connectivity index (χ4n) is 1.87. The quantitative estimate of drug-likeness (QED) is 0.660. The number of hydrogen-bond donors (Lipinski definition) is 0. The van der Waals surface area contributed by atoms with E-state index >= 15 is 0 Å². The van der Waals surface area contributed by atoms with Crippen molar-refractivity contribution in [3.05, 3.63) is 35.4 Å². The molecule has 1 aromatic carbocycles. The first kappa shape index (κ1) is 17.4. The highest BCUT2D eigenvalue weighted by atomic mass is 16.6. The molecule has 0 atom stereocenters. The molecule has 0 amide bonds. The molecule has 0 fully saturated rings. The van der Waals surface area contributed by atoms with Crippen molar-refractivity contribution in [2.24, 2.45) is 0 Å². The molecule has 7 heteroatoms. The lowest BCUT2D eigenvalue weighted by atomic mass is 10.1. The number of benzene rings is 1. The number of carbonyl (C=O) groups is 2. The summed E-state index contributed by atoms with van der Waals surface area (Å²) in [6.45, 7) is 2.56. The third kappa shape index (κ3) is 6.35. The van der Waals surface area contributed by atoms with Crippen molar-refractivity contribution >= 4 is 11.9 Å². The maximum atomic E-state index is 11.9. The lowest BCUT2D eigenvalue weighted by Crippen LogP contribution is -2.16. The summed E-state index contributed by atoms with van der Waals surface area (Å²) in [5, 5.41) is 0. The molecule has 23 heavy (non-hydrogen) atoms. The van der Waals surface area contributed by atoms with E-state index in [1.165, 1.54) is 6.07 Å². The molecule has 0 unspecified atom stereocenters. The molecule has 1 aromatic rings. The van der Waals surface area contributed by atoms with Gasteiger partial charge in [-0.15, -0.1) is 0 Å². The third-order valence-corrected chi connectivity index (χ3v) is 3.00. The van der Waals surface area contributed by atoms with Gasteiger partial charge in [0.1, 0.15) is 13.2 Å². The van der Waals surface area contributed by atoms with E-state index in [9.17, 15) is 9.59 Å². The van der Waals surface area contributed by atoms with E-state index in [-0.39, 0.29) is 26.4 Å². The van der Waals surface area contributed by atoms with Crippen LogP contribution in [0.5, 0.6) is 0 Å². The van der Waals surface area contributed by atoms with E-state index in [2.05, 4.69) is 0 Å². The van der Waals surface area contributed by atoms with Gasteiger partial charge in [-0.2, -0.15) is 0 Å². The number of esters is 2. The second-order valence-corrected chi connectivity index (χ2v) is 4.69. The highest BCUT2D eigenvalue weighted by Gasteiger charge is 2.12. The number of carbonyl (C=O) groups excluding carboxylic acids is 2. The van der Waals surface area contributed by atoms with Gasteiger partial charge in [-0.3, -0.25) is 0 Å². The molecule has 0 saturated carbocycles. The highest BCUT2D eigenvalue weighted by Crippen LogP contribution is 2.08. The van der Waals surface area contributed by atoms with Crippen LogP contribution in [0.15, 0.2) is 24.3 Å². The minimum atomic E-state index is -0.510. The molecule has 0 N–H and O–H groups in total. The van der Waals surface area contributed by atoms with Gasteiger partial charge in [-0.05, 0) is 18.2 Å². The van der Waals surface area contributed by atoms with Crippen LogP contribution < -0.4 is 0 Å². The number of rotatable bonds is 0. The second-order valence-electron chi connectivity index (χ2n) is 4.69. The monoisotopic (exact) mass is 324 g/mol. The Morgan fingerprint density at radius 2 is 1.00 bits per heavy atom. The van der Waals surface area contributed by atoms with Gasteiger partial charge in [-0.25, -0.2) is 9.59 Å². The van der Waals surface area contributed by atoms with Crippen molar-refractivity contribution in [2.75, 3.05) is 52.9 Å². The average molecular weight is 324 g/mol. The number of ether oxygens (including phenoxy) is 5. The Kier molecular flexibility index (Phi) is 7.51. The fourth-order valence-corrected chi connectivity index (χ4v) is 1.87. The molecule has 7 nitrogen and oxygen atoms in total. The molecular formula is C16H20O7. The molecule has 2 rings (SSSR count). The van der Waals surface area contributed by atoms with Crippen LogP contribution in [0, 0.1) is 0 Å². The predicted molar refractivity (Wildman–Crippen MR) is 79.5 cm³/mol. The lowest BCUT2D eigenvalue weighted by molar-refractivity contribution is -0.00703. The van der Waals surface area contributed by atoms with Crippen molar-refractivity contribution in [3.63, 3.8) is 0 Å². The second kappa shape index (κ2) is 9.94. The Hall–Kier alpha value is -1.96. The normalized spacial score (nSPS) is 19.1. The molecule has 1 aliphatic heterocycles. The smallest absolute Gasteiger partial charge is 0.338 e. The topological polar surface area (TPSA) is 80.3 Å². The summed E-state index contributed by atoms with van der Waals surface area (Å²) < 4.78 is 26.0. The predicted octanol–water partition coefficient (Wildman–Crippen LogP) is 1.06. The van der Waals surface area contributed by atoms with Crippen LogP contribution in [-0.2, 0) is 23.7 Å². The highest BCUT2D eigenvalue weighted by molar-refractivity contribution is 5.95. The summed E-state index contributed by atoms with van der Waals surface area (Å²) in [6.07, 6.45) is 0. The molecule has 1 aliphatic rings. The van der Waals surface area contributed by atoms with E-state index in [1.807, 2.05) is 0 Å². The molecule has 0 saturated heterocycles. The summed E-state index contributed by atoms with van der Waals surface area (Å²) in [7, 11) is 0. The Balaban J connectivity index is 1.96. The van der Waals surface area contributed by atoms with Gasteiger partial charge in [-0.1, -0.05) is 6.07 Å². The van der Waals surface area contributed by atoms with Crippen molar-refractivity contribution in [2.45, 2.75) is 0 Å². The van der Waals surface area contributed by atoms with Crippen LogP contribution >= 0.6 is 0 Å². The molecule has 0 aliphatic carbocycles. The largest absolute Gasteiger partial charge is 0.460 e. The van der Waals surface area contributed by atoms with Gasteiger partial charge >= 0.3 is 11.9 Å². The van der Waals surface area contributed by atoms with E-state index in [0.29, 0.717) is 37.6 Å². The van der Waals surface area contributed by atoms with E-state index in [0.717, 1.165) is 0 Å². The van der Waals surface area contributed by atoms with Crippen molar-refractivity contribution in [1.29, 1.82) is 0 Å². The molecule has 0 aromatic heterocycles. The molecule has 126 valence electrons. The zero-order valence-electron chi connectivity index (χ0n) is 12.8. The van der Waals surface area contributed by atoms with Crippen LogP contribution in [-0.4, -0.2) is 64.8 Å². The van der Waals surface area contributed by atoms with Crippen molar-refractivity contribution < 1.29 is 33.3 Å². The van der Waals surface area contributed by atoms with Crippen LogP contribution in [0.2, 0.25) is 0 Å². The van der Waals surface area contributed by atoms with Gasteiger partial charge in [0.25, 0.3) is 0 Å². The fraction of sp³-hybridized carbons (Fsp3) is 0.500. The number of cyclic esters (lactones) is 2. The van der Waals surface area contributed by atoms with Crippen molar-refractivity contribution in [3.8, 4) is 0 Å². The number of hydrogen-bond acceptors (Lipinski definition) is 7. The van der Waals surface area contributed by atoms with Gasteiger partial charge in [0, 0.05) is 0 Å². The molecular weight excluding hydrogens is 304 g/mol. The van der Waals surface area contributed by atoms with E-state index < -0.39 is 11.9 Å². The summed E-state index contributed by atoms with van der Waals surface area (Å²) in [5.41, 5.74) is 0.584. The Morgan fingerprint density at radius 1 is 0.609 bits per heavy atom. The van der Waals surface area contributed by atoms with Crippen molar-refractivity contribution in [1.82, 2.24) is 0 Å². The molecule has 0 radical (unpaired) electrons. The van der Waals surface area contributed by atoms with Crippen LogP contribution in [0.3, 0.4) is 0 Å². The van der Waals surface area contributed by atoms with Crippen LogP contribution in [0.1, 0.15) is 20.7 Å². The minimum absolute atomic E-state index is 0.136. The molecule has 2 bridgehead atoms. The van der Waals surface area contributed by atoms with Crippen LogP contribution in [0.25, 0.3) is 0 Å². The van der Waals surface area contributed by atoms with Crippen LogP contribution in [0.4, 0.5) is 0 Å².